The molecule has 1 aliphatic carbocycles. The van der Waals surface area contributed by atoms with Crippen LogP contribution in [-0.2, 0) is 13.5 Å². The van der Waals surface area contributed by atoms with Crippen LogP contribution in [0.5, 0.6) is 0 Å². The number of hydrogen-bond acceptors (Lipinski definition) is 2. The Morgan fingerprint density at radius 3 is 2.69 bits per heavy atom. The number of nitrogens with zero attached hydrogens (tertiary/aromatic N) is 3. The van der Waals surface area contributed by atoms with Crippen LogP contribution in [0.3, 0.4) is 0 Å². The number of hydrogen-bond donors (Lipinski definition) is 0. The molecule has 5 heteroatoms. The van der Waals surface area contributed by atoms with Crippen LogP contribution in [0, 0.1) is 5.82 Å². The maximum atomic E-state index is 14.7. The largest absolute Gasteiger partial charge is 0.349 e. The van der Waals surface area contributed by atoms with Gasteiger partial charge in [-0.2, -0.15) is 0 Å². The Morgan fingerprint density at radius 2 is 1.90 bits per heavy atom. The highest BCUT2D eigenvalue weighted by Crippen LogP contribution is 2.44. The summed E-state index contributed by atoms with van der Waals surface area (Å²) in [6.45, 7) is 1.94. The number of halogens is 2. The summed E-state index contributed by atoms with van der Waals surface area (Å²) in [5.41, 5.74) is 4.77. The molecule has 1 unspecified atom stereocenters. The molecule has 3 aromatic rings. The fourth-order valence-electron chi connectivity index (χ4n) is 5.62. The van der Waals surface area contributed by atoms with Gasteiger partial charge in [0.05, 0.1) is 5.52 Å². The summed E-state index contributed by atoms with van der Waals surface area (Å²) in [4.78, 5) is 4.87. The average molecular weight is 456 g/mol. The van der Waals surface area contributed by atoms with Crippen molar-refractivity contribution in [3.63, 3.8) is 0 Å². The topological polar surface area (TPSA) is 11.4 Å². The molecular formula is C24H27BrFN3. The minimum Gasteiger partial charge on any atom is -0.349 e. The van der Waals surface area contributed by atoms with Crippen molar-refractivity contribution in [2.45, 2.75) is 30.8 Å². The van der Waals surface area contributed by atoms with Crippen LogP contribution in [-0.4, -0.2) is 47.6 Å². The number of rotatable bonds is 3. The highest BCUT2D eigenvalue weighted by atomic mass is 79.9. The van der Waals surface area contributed by atoms with E-state index in [9.17, 15) is 4.39 Å². The average Bonchev–Trinajstić information content (AvgIpc) is 3.37. The maximum Gasteiger partial charge on any atom is 0.128 e. The van der Waals surface area contributed by atoms with E-state index in [0.717, 1.165) is 36.0 Å². The maximum absolute atomic E-state index is 14.7. The van der Waals surface area contributed by atoms with Crippen LogP contribution >= 0.6 is 15.9 Å². The van der Waals surface area contributed by atoms with E-state index in [1.165, 1.54) is 22.0 Å². The minimum absolute atomic E-state index is 0.0380. The number of aryl methyl sites for hydroxylation is 2. The Bertz CT molecular complexity index is 1070. The third kappa shape index (κ3) is 3.06. The van der Waals surface area contributed by atoms with E-state index >= 15 is 0 Å². The van der Waals surface area contributed by atoms with Crippen LogP contribution < -0.4 is 0 Å². The van der Waals surface area contributed by atoms with Crippen molar-refractivity contribution in [2.75, 3.05) is 27.2 Å². The Labute approximate surface area is 180 Å². The molecule has 29 heavy (non-hydrogen) atoms. The third-order valence-corrected chi connectivity index (χ3v) is 7.61. The van der Waals surface area contributed by atoms with Crippen molar-refractivity contribution in [2.24, 2.45) is 7.05 Å². The number of para-hydroxylation sites is 1. The van der Waals surface area contributed by atoms with Crippen LogP contribution in [0.2, 0.25) is 0 Å². The first-order chi connectivity index (χ1) is 14.0. The molecular weight excluding hydrogens is 429 g/mol. The van der Waals surface area contributed by atoms with Crippen LogP contribution in [0.15, 0.2) is 47.1 Å². The zero-order valence-corrected chi connectivity index (χ0v) is 18.8. The smallest absolute Gasteiger partial charge is 0.128 e. The summed E-state index contributed by atoms with van der Waals surface area (Å²) in [6.07, 6.45) is 4.29. The molecule has 0 spiro atoms. The van der Waals surface area contributed by atoms with Gasteiger partial charge in [0.15, 0.2) is 0 Å². The molecule has 0 bridgehead atoms. The van der Waals surface area contributed by atoms with Crippen molar-refractivity contribution < 1.29 is 4.39 Å². The number of likely N-dealkylation sites (N-methyl/N-ethyl adjacent to an activating group) is 1. The first-order valence-electron chi connectivity index (χ1n) is 10.4. The van der Waals surface area contributed by atoms with E-state index < -0.39 is 0 Å². The molecule has 152 valence electrons. The fraction of sp³-hybridized carbons (Fsp3) is 0.417. The van der Waals surface area contributed by atoms with Gasteiger partial charge in [0.2, 0.25) is 0 Å². The molecule has 1 aliphatic heterocycles. The standard InChI is InChI=1S/C24H27BrFN3/c1-27(2)22-14-29(21-11-10-15-6-4-9-20(26)23(15)21)13-18(22)17-12-28(3)24-16(17)7-5-8-19(24)25/h4-9,12,18,21-22H,10-11,13-14H2,1-3H3/t18-,21?,22+/m1/s1. The highest BCUT2D eigenvalue weighted by Gasteiger charge is 2.42. The highest BCUT2D eigenvalue weighted by molar-refractivity contribution is 9.10. The Morgan fingerprint density at radius 1 is 1.10 bits per heavy atom. The molecule has 1 aromatic heterocycles. The van der Waals surface area contributed by atoms with E-state index in [1.54, 1.807) is 6.07 Å². The molecule has 0 saturated carbocycles. The Hall–Kier alpha value is -1.69. The number of aromatic nitrogens is 1. The van der Waals surface area contributed by atoms with Gasteiger partial charge in [-0.05, 0) is 66.1 Å². The van der Waals surface area contributed by atoms with Gasteiger partial charge in [-0.25, -0.2) is 4.39 Å². The SMILES string of the molecule is CN(C)[C@H]1CN(C2CCc3cccc(F)c32)C[C@@H]1c1cn(C)c2c(Br)cccc12. The lowest BCUT2D eigenvalue weighted by Crippen LogP contribution is -2.35. The molecule has 3 atom stereocenters. The van der Waals surface area contributed by atoms with Crippen LogP contribution in [0.1, 0.15) is 35.1 Å². The van der Waals surface area contributed by atoms with Gasteiger partial charge in [0, 0.05) is 59.8 Å². The van der Waals surface area contributed by atoms with E-state index in [4.69, 9.17) is 0 Å². The van der Waals surface area contributed by atoms with E-state index in [-0.39, 0.29) is 11.9 Å². The summed E-state index contributed by atoms with van der Waals surface area (Å²) < 4.78 is 18.0. The second-order valence-corrected chi connectivity index (χ2v) is 9.64. The molecule has 2 aliphatic rings. The fourth-order valence-corrected chi connectivity index (χ4v) is 6.27. The molecule has 5 rings (SSSR count). The predicted octanol–water partition coefficient (Wildman–Crippen LogP) is 5.10. The molecule has 0 radical (unpaired) electrons. The predicted molar refractivity (Wildman–Crippen MR) is 120 cm³/mol. The van der Waals surface area contributed by atoms with Gasteiger partial charge in [0.25, 0.3) is 0 Å². The molecule has 1 fully saturated rings. The zero-order valence-electron chi connectivity index (χ0n) is 17.2. The normalized spacial score (nSPS) is 24.7. The minimum atomic E-state index is -0.0380. The summed E-state index contributed by atoms with van der Waals surface area (Å²) >= 11 is 3.72. The quantitative estimate of drug-likeness (QED) is 0.544. The zero-order chi connectivity index (χ0) is 20.3. The van der Waals surface area contributed by atoms with Crippen LogP contribution in [0.4, 0.5) is 4.39 Å². The molecule has 3 nitrogen and oxygen atoms in total. The number of benzene rings is 2. The molecule has 2 heterocycles. The van der Waals surface area contributed by atoms with Gasteiger partial charge < -0.3 is 9.47 Å². The molecule has 0 amide bonds. The lowest BCUT2D eigenvalue weighted by molar-refractivity contribution is 0.213. The second-order valence-electron chi connectivity index (χ2n) is 8.79. The Kier molecular flexibility index (Phi) is 4.80. The third-order valence-electron chi connectivity index (χ3n) is 6.97. The van der Waals surface area contributed by atoms with Gasteiger partial charge in [-0.15, -0.1) is 0 Å². The van der Waals surface area contributed by atoms with Crippen molar-refractivity contribution in [1.82, 2.24) is 14.4 Å². The van der Waals surface area contributed by atoms with Crippen molar-refractivity contribution in [3.8, 4) is 0 Å². The van der Waals surface area contributed by atoms with Gasteiger partial charge in [-0.1, -0.05) is 24.3 Å². The molecule has 1 saturated heterocycles. The van der Waals surface area contributed by atoms with Gasteiger partial charge in [-0.3, -0.25) is 4.90 Å². The van der Waals surface area contributed by atoms with Gasteiger partial charge in [0.1, 0.15) is 5.82 Å². The lowest BCUT2D eigenvalue weighted by Gasteiger charge is -2.26. The summed E-state index contributed by atoms with van der Waals surface area (Å²) in [6, 6.07) is 12.6. The lowest BCUT2D eigenvalue weighted by atomic mass is 9.93. The van der Waals surface area contributed by atoms with Crippen molar-refractivity contribution in [1.29, 1.82) is 0 Å². The van der Waals surface area contributed by atoms with E-state index in [1.807, 2.05) is 6.07 Å². The summed E-state index contributed by atoms with van der Waals surface area (Å²) in [5.74, 6) is 0.364. The monoisotopic (exact) mass is 455 g/mol. The summed E-state index contributed by atoms with van der Waals surface area (Å²) in [5, 5.41) is 1.32. The van der Waals surface area contributed by atoms with E-state index in [2.05, 4.69) is 81.9 Å². The first-order valence-corrected chi connectivity index (χ1v) is 11.2. The second kappa shape index (κ2) is 7.22. The van der Waals surface area contributed by atoms with Crippen LogP contribution in [0.25, 0.3) is 10.9 Å². The van der Waals surface area contributed by atoms with Crippen molar-refractivity contribution >= 4 is 26.8 Å². The number of fused-ring (bicyclic) bond motifs is 2. The molecule has 2 aromatic carbocycles. The number of likely N-dealkylation sites (tertiary alicyclic amines) is 1. The Balaban J connectivity index is 1.54. The van der Waals surface area contributed by atoms with Gasteiger partial charge >= 0.3 is 0 Å². The van der Waals surface area contributed by atoms with E-state index in [0.29, 0.717) is 12.0 Å². The molecule has 0 N–H and O–H groups in total. The summed E-state index contributed by atoms with van der Waals surface area (Å²) in [7, 11) is 6.47. The first kappa shape index (κ1) is 19.3. The van der Waals surface area contributed by atoms with Crippen molar-refractivity contribution in [3.05, 3.63) is 69.6 Å².